The summed E-state index contributed by atoms with van der Waals surface area (Å²) in [6.45, 7) is 4.94. The molecule has 3 heterocycles. The molecule has 1 aliphatic heterocycles. The van der Waals surface area contributed by atoms with Gasteiger partial charge >= 0.3 is 0 Å². The Hall–Kier alpha value is -1.72. The average molecular weight is 232 g/mol. The Morgan fingerprint density at radius 1 is 1.18 bits per heavy atom. The molecule has 0 unspecified atom stereocenters. The normalized spacial score (nSPS) is 16.6. The van der Waals surface area contributed by atoms with Gasteiger partial charge in [-0.3, -0.25) is 0 Å². The number of anilines is 1. The summed E-state index contributed by atoms with van der Waals surface area (Å²) in [5.41, 5.74) is 1.67. The SMILES string of the molecule is CCn1nnc2c(N3CCCCC3)ncnc21. The second-order valence-electron chi connectivity index (χ2n) is 4.32. The monoisotopic (exact) mass is 232 g/mol. The van der Waals surface area contributed by atoms with E-state index >= 15 is 0 Å². The third kappa shape index (κ3) is 1.73. The fourth-order valence-corrected chi connectivity index (χ4v) is 2.33. The summed E-state index contributed by atoms with van der Waals surface area (Å²) in [7, 11) is 0. The van der Waals surface area contributed by atoms with Gasteiger partial charge in [0.1, 0.15) is 6.33 Å². The molecule has 6 heteroatoms. The van der Waals surface area contributed by atoms with Crippen molar-refractivity contribution in [3.05, 3.63) is 6.33 Å². The largest absolute Gasteiger partial charge is 0.355 e. The van der Waals surface area contributed by atoms with Crippen molar-refractivity contribution in [1.29, 1.82) is 0 Å². The minimum absolute atomic E-state index is 0.785. The number of nitrogens with zero attached hydrogens (tertiary/aromatic N) is 6. The number of hydrogen-bond donors (Lipinski definition) is 0. The standard InChI is InChI=1S/C11H16N6/c1-2-17-11-9(14-15-17)10(12-8-13-11)16-6-4-3-5-7-16/h8H,2-7H2,1H3. The lowest BCUT2D eigenvalue weighted by molar-refractivity contribution is 0.574. The smallest absolute Gasteiger partial charge is 0.183 e. The average Bonchev–Trinajstić information content (AvgIpc) is 2.82. The van der Waals surface area contributed by atoms with Crippen molar-refractivity contribution in [3.63, 3.8) is 0 Å². The molecule has 0 spiro atoms. The summed E-state index contributed by atoms with van der Waals surface area (Å²) in [6, 6.07) is 0. The van der Waals surface area contributed by atoms with Crippen molar-refractivity contribution in [3.8, 4) is 0 Å². The van der Waals surface area contributed by atoms with Gasteiger partial charge in [-0.05, 0) is 26.2 Å². The highest BCUT2D eigenvalue weighted by atomic mass is 15.4. The van der Waals surface area contributed by atoms with Gasteiger partial charge in [0.15, 0.2) is 17.0 Å². The number of fused-ring (bicyclic) bond motifs is 1. The lowest BCUT2D eigenvalue weighted by Crippen LogP contribution is -2.30. The number of aryl methyl sites for hydroxylation is 1. The fraction of sp³-hybridized carbons (Fsp3) is 0.636. The Balaban J connectivity index is 2.06. The molecule has 1 aliphatic rings. The van der Waals surface area contributed by atoms with Crippen molar-refractivity contribution in [2.75, 3.05) is 18.0 Å². The van der Waals surface area contributed by atoms with Gasteiger partial charge < -0.3 is 4.90 Å². The van der Waals surface area contributed by atoms with E-state index in [1.165, 1.54) is 19.3 Å². The second kappa shape index (κ2) is 4.27. The predicted molar refractivity (Wildman–Crippen MR) is 64.9 cm³/mol. The van der Waals surface area contributed by atoms with E-state index in [4.69, 9.17) is 0 Å². The van der Waals surface area contributed by atoms with Gasteiger partial charge in [-0.2, -0.15) is 0 Å². The molecule has 1 fully saturated rings. The molecule has 0 amide bonds. The topological polar surface area (TPSA) is 59.7 Å². The number of rotatable bonds is 2. The first-order valence-corrected chi connectivity index (χ1v) is 6.19. The Kier molecular flexibility index (Phi) is 2.62. The molecule has 0 N–H and O–H groups in total. The fourth-order valence-electron chi connectivity index (χ4n) is 2.33. The van der Waals surface area contributed by atoms with E-state index in [0.29, 0.717) is 0 Å². The third-order valence-electron chi connectivity index (χ3n) is 3.24. The highest BCUT2D eigenvalue weighted by molar-refractivity contribution is 5.82. The van der Waals surface area contributed by atoms with Crippen LogP contribution in [0.15, 0.2) is 6.33 Å². The van der Waals surface area contributed by atoms with E-state index in [2.05, 4.69) is 25.2 Å². The van der Waals surface area contributed by atoms with Crippen LogP contribution in [-0.4, -0.2) is 38.1 Å². The molecule has 0 bridgehead atoms. The summed E-state index contributed by atoms with van der Waals surface area (Å²) in [4.78, 5) is 10.9. The molecule has 90 valence electrons. The Morgan fingerprint density at radius 2 is 2.00 bits per heavy atom. The van der Waals surface area contributed by atoms with Crippen LogP contribution in [0.1, 0.15) is 26.2 Å². The van der Waals surface area contributed by atoms with E-state index in [-0.39, 0.29) is 0 Å². The van der Waals surface area contributed by atoms with Gasteiger partial charge in [-0.25, -0.2) is 14.6 Å². The van der Waals surface area contributed by atoms with Crippen molar-refractivity contribution in [1.82, 2.24) is 25.0 Å². The van der Waals surface area contributed by atoms with Crippen LogP contribution in [0.4, 0.5) is 5.82 Å². The molecule has 0 aliphatic carbocycles. The number of piperidine rings is 1. The highest BCUT2D eigenvalue weighted by Crippen LogP contribution is 2.23. The van der Waals surface area contributed by atoms with E-state index in [0.717, 1.165) is 36.6 Å². The van der Waals surface area contributed by atoms with Crippen LogP contribution in [0, 0.1) is 0 Å². The van der Waals surface area contributed by atoms with Gasteiger partial charge in [0.05, 0.1) is 0 Å². The quantitative estimate of drug-likeness (QED) is 0.779. The van der Waals surface area contributed by atoms with Crippen LogP contribution in [0.25, 0.3) is 11.2 Å². The third-order valence-corrected chi connectivity index (χ3v) is 3.24. The van der Waals surface area contributed by atoms with Gasteiger partial charge in [-0.15, -0.1) is 5.10 Å². The van der Waals surface area contributed by atoms with Crippen molar-refractivity contribution >= 4 is 17.0 Å². The molecule has 0 atom stereocenters. The Labute approximate surface area is 99.7 Å². The summed E-state index contributed by atoms with van der Waals surface area (Å²) in [5.74, 6) is 0.939. The molecule has 3 rings (SSSR count). The summed E-state index contributed by atoms with van der Waals surface area (Å²) in [5, 5.41) is 8.32. The molecule has 0 radical (unpaired) electrons. The summed E-state index contributed by atoms with van der Waals surface area (Å²) < 4.78 is 1.81. The molecule has 2 aromatic rings. The Bertz CT molecular complexity index is 514. The maximum Gasteiger partial charge on any atom is 0.183 e. The molecule has 0 saturated carbocycles. The van der Waals surface area contributed by atoms with Crippen molar-refractivity contribution < 1.29 is 0 Å². The first-order chi connectivity index (χ1) is 8.40. The maximum atomic E-state index is 4.38. The van der Waals surface area contributed by atoms with Crippen molar-refractivity contribution in [2.45, 2.75) is 32.7 Å². The zero-order valence-electron chi connectivity index (χ0n) is 10.0. The number of aromatic nitrogens is 5. The van der Waals surface area contributed by atoms with E-state index in [1.54, 1.807) is 6.33 Å². The first kappa shape index (κ1) is 10.4. The molecule has 0 aromatic carbocycles. The second-order valence-corrected chi connectivity index (χ2v) is 4.32. The number of hydrogen-bond acceptors (Lipinski definition) is 5. The zero-order valence-corrected chi connectivity index (χ0v) is 10.0. The van der Waals surface area contributed by atoms with Crippen molar-refractivity contribution in [2.24, 2.45) is 0 Å². The van der Waals surface area contributed by atoms with Crippen LogP contribution in [-0.2, 0) is 6.54 Å². The van der Waals surface area contributed by atoms with Crippen LogP contribution < -0.4 is 4.90 Å². The minimum Gasteiger partial charge on any atom is -0.355 e. The molecular weight excluding hydrogens is 216 g/mol. The van der Waals surface area contributed by atoms with Gasteiger partial charge in [0.25, 0.3) is 0 Å². The minimum atomic E-state index is 0.785. The van der Waals surface area contributed by atoms with E-state index in [1.807, 2.05) is 11.6 Å². The lowest BCUT2D eigenvalue weighted by Gasteiger charge is -2.27. The van der Waals surface area contributed by atoms with Crippen LogP contribution >= 0.6 is 0 Å². The molecule has 2 aromatic heterocycles. The van der Waals surface area contributed by atoms with Crippen LogP contribution in [0.5, 0.6) is 0 Å². The Morgan fingerprint density at radius 3 is 2.76 bits per heavy atom. The summed E-state index contributed by atoms with van der Waals surface area (Å²) >= 11 is 0. The van der Waals surface area contributed by atoms with Gasteiger partial charge in [0, 0.05) is 19.6 Å². The zero-order chi connectivity index (χ0) is 11.7. The van der Waals surface area contributed by atoms with Crippen LogP contribution in [0.3, 0.4) is 0 Å². The maximum absolute atomic E-state index is 4.38. The molecule has 17 heavy (non-hydrogen) atoms. The van der Waals surface area contributed by atoms with Gasteiger partial charge in [-0.1, -0.05) is 5.21 Å². The van der Waals surface area contributed by atoms with Crippen LogP contribution in [0.2, 0.25) is 0 Å². The molecule has 1 saturated heterocycles. The van der Waals surface area contributed by atoms with E-state index in [9.17, 15) is 0 Å². The first-order valence-electron chi connectivity index (χ1n) is 6.19. The molecular formula is C11H16N6. The summed E-state index contributed by atoms with van der Waals surface area (Å²) in [6.07, 6.45) is 5.38. The lowest BCUT2D eigenvalue weighted by atomic mass is 10.1. The van der Waals surface area contributed by atoms with Gasteiger partial charge in [0.2, 0.25) is 0 Å². The highest BCUT2D eigenvalue weighted by Gasteiger charge is 2.18. The molecule has 6 nitrogen and oxygen atoms in total. The predicted octanol–water partition coefficient (Wildman–Crippen LogP) is 1.23. The van der Waals surface area contributed by atoms with E-state index < -0.39 is 0 Å².